The van der Waals surface area contributed by atoms with Crippen molar-refractivity contribution in [3.63, 3.8) is 0 Å². The van der Waals surface area contributed by atoms with Crippen LogP contribution in [-0.4, -0.2) is 35.0 Å². The molecule has 0 unspecified atom stereocenters. The normalized spacial score (nSPS) is 20.4. The van der Waals surface area contributed by atoms with Crippen LogP contribution in [-0.2, 0) is 0 Å². The van der Waals surface area contributed by atoms with Gasteiger partial charge in [-0.1, -0.05) is 11.6 Å². The second-order valence-corrected chi connectivity index (χ2v) is 4.75. The zero-order valence-corrected chi connectivity index (χ0v) is 10.2. The predicted octanol–water partition coefficient (Wildman–Crippen LogP) is 1.61. The van der Waals surface area contributed by atoms with Gasteiger partial charge in [0.25, 0.3) is 5.91 Å². The lowest BCUT2D eigenvalue weighted by Crippen LogP contribution is -2.45. The Labute approximate surface area is 105 Å². The van der Waals surface area contributed by atoms with Crippen LogP contribution in [0.2, 0.25) is 5.02 Å². The van der Waals surface area contributed by atoms with E-state index in [1.54, 1.807) is 11.0 Å². The van der Waals surface area contributed by atoms with Crippen molar-refractivity contribution in [1.29, 1.82) is 0 Å². The van der Waals surface area contributed by atoms with Crippen LogP contribution >= 0.6 is 11.6 Å². The summed E-state index contributed by atoms with van der Waals surface area (Å²) in [4.78, 5) is 13.8. The number of phenolic OH excluding ortho intramolecular Hbond substituents is 1. The van der Waals surface area contributed by atoms with E-state index in [0.29, 0.717) is 18.1 Å². The number of piperidine rings is 1. The Bertz CT molecular complexity index is 437. The van der Waals surface area contributed by atoms with Crippen LogP contribution in [0.4, 0.5) is 0 Å². The molecule has 5 heteroatoms. The predicted molar refractivity (Wildman–Crippen MR) is 66.2 cm³/mol. The molecule has 0 saturated carbocycles. The molecule has 1 fully saturated rings. The van der Waals surface area contributed by atoms with Gasteiger partial charge in [0.15, 0.2) is 0 Å². The number of hydrogen-bond donors (Lipinski definition) is 2. The van der Waals surface area contributed by atoms with Crippen molar-refractivity contribution < 1.29 is 9.90 Å². The van der Waals surface area contributed by atoms with Crippen molar-refractivity contribution in [2.75, 3.05) is 13.1 Å². The minimum atomic E-state index is -0.208. The van der Waals surface area contributed by atoms with Gasteiger partial charge in [0.2, 0.25) is 0 Å². The Kier molecular flexibility index (Phi) is 3.54. The zero-order chi connectivity index (χ0) is 12.4. The van der Waals surface area contributed by atoms with Crippen LogP contribution in [0.15, 0.2) is 18.2 Å². The second-order valence-electron chi connectivity index (χ2n) is 4.31. The molecule has 0 bridgehead atoms. The lowest BCUT2D eigenvalue weighted by atomic mass is 10.1. The fourth-order valence-corrected chi connectivity index (χ4v) is 2.22. The third-order valence-corrected chi connectivity index (χ3v) is 3.17. The van der Waals surface area contributed by atoms with E-state index in [4.69, 9.17) is 17.3 Å². The summed E-state index contributed by atoms with van der Waals surface area (Å²) in [7, 11) is 0. The molecule has 2 rings (SSSR count). The molecule has 1 atom stereocenters. The lowest BCUT2D eigenvalue weighted by Gasteiger charge is -2.31. The number of hydrogen-bond acceptors (Lipinski definition) is 3. The maximum atomic E-state index is 12.2. The highest BCUT2D eigenvalue weighted by Crippen LogP contribution is 2.24. The van der Waals surface area contributed by atoms with E-state index in [1.807, 2.05) is 0 Å². The number of rotatable bonds is 1. The summed E-state index contributed by atoms with van der Waals surface area (Å²) in [6, 6.07) is 4.49. The molecule has 92 valence electrons. The molecule has 1 aliphatic rings. The van der Waals surface area contributed by atoms with E-state index in [9.17, 15) is 9.90 Å². The number of halogens is 1. The van der Waals surface area contributed by atoms with E-state index >= 15 is 0 Å². The van der Waals surface area contributed by atoms with Crippen LogP contribution < -0.4 is 5.73 Å². The summed E-state index contributed by atoms with van der Waals surface area (Å²) < 4.78 is 0. The first-order valence-corrected chi connectivity index (χ1v) is 5.99. The van der Waals surface area contributed by atoms with Gasteiger partial charge >= 0.3 is 0 Å². The molecule has 0 aromatic heterocycles. The number of likely N-dealkylation sites (tertiary alicyclic amines) is 1. The summed E-state index contributed by atoms with van der Waals surface area (Å²) in [6.45, 7) is 1.21. The number of amides is 1. The largest absolute Gasteiger partial charge is 0.507 e. The number of phenols is 1. The highest BCUT2D eigenvalue weighted by Gasteiger charge is 2.24. The van der Waals surface area contributed by atoms with Gasteiger partial charge in [0, 0.05) is 24.2 Å². The summed E-state index contributed by atoms with van der Waals surface area (Å²) in [5.74, 6) is -0.251. The van der Waals surface area contributed by atoms with Crippen LogP contribution in [0.1, 0.15) is 23.2 Å². The van der Waals surface area contributed by atoms with Gasteiger partial charge < -0.3 is 15.7 Å². The van der Waals surface area contributed by atoms with Crippen molar-refractivity contribution in [3.8, 4) is 5.75 Å². The molecule has 1 amide bonds. The first-order valence-electron chi connectivity index (χ1n) is 5.61. The van der Waals surface area contributed by atoms with Crippen LogP contribution in [0.25, 0.3) is 0 Å². The average Bonchev–Trinajstić information content (AvgIpc) is 2.31. The summed E-state index contributed by atoms with van der Waals surface area (Å²) in [5, 5.41) is 10.1. The van der Waals surface area contributed by atoms with Crippen molar-refractivity contribution >= 4 is 17.5 Å². The molecule has 1 saturated heterocycles. The molecular weight excluding hydrogens is 240 g/mol. The Morgan fingerprint density at radius 2 is 2.29 bits per heavy atom. The van der Waals surface area contributed by atoms with E-state index in [-0.39, 0.29) is 23.3 Å². The van der Waals surface area contributed by atoms with E-state index in [0.717, 1.165) is 12.8 Å². The minimum Gasteiger partial charge on any atom is -0.507 e. The monoisotopic (exact) mass is 254 g/mol. The number of aromatic hydroxyl groups is 1. The highest BCUT2D eigenvalue weighted by atomic mass is 35.5. The Morgan fingerprint density at radius 3 is 3.00 bits per heavy atom. The standard InChI is InChI=1S/C12H15ClN2O2/c13-8-3-4-11(16)10(6-8)12(17)15-5-1-2-9(14)7-15/h3-4,6,9,16H,1-2,5,7,14H2/t9-/m1/s1. The second kappa shape index (κ2) is 4.94. The molecule has 1 aliphatic heterocycles. The first-order chi connectivity index (χ1) is 8.08. The third kappa shape index (κ3) is 2.70. The molecular formula is C12H15ClN2O2. The van der Waals surface area contributed by atoms with Gasteiger partial charge in [-0.25, -0.2) is 0 Å². The van der Waals surface area contributed by atoms with E-state index in [2.05, 4.69) is 0 Å². The van der Waals surface area contributed by atoms with Crippen molar-refractivity contribution in [1.82, 2.24) is 4.90 Å². The molecule has 0 spiro atoms. The lowest BCUT2D eigenvalue weighted by molar-refractivity contribution is 0.0706. The summed E-state index contributed by atoms with van der Waals surface area (Å²) in [5.41, 5.74) is 6.07. The molecule has 1 aromatic carbocycles. The average molecular weight is 255 g/mol. The molecule has 0 aliphatic carbocycles. The number of benzene rings is 1. The Morgan fingerprint density at radius 1 is 1.53 bits per heavy atom. The maximum absolute atomic E-state index is 12.2. The number of nitrogens with zero attached hydrogens (tertiary/aromatic N) is 1. The van der Waals surface area contributed by atoms with Gasteiger partial charge in [-0.3, -0.25) is 4.79 Å². The fourth-order valence-electron chi connectivity index (χ4n) is 2.04. The minimum absolute atomic E-state index is 0.0222. The molecule has 1 heterocycles. The molecule has 4 nitrogen and oxygen atoms in total. The number of carbonyl (C=O) groups excluding carboxylic acids is 1. The first kappa shape index (κ1) is 12.2. The van der Waals surface area contributed by atoms with Crippen LogP contribution in [0, 0.1) is 0 Å². The quantitative estimate of drug-likeness (QED) is 0.800. The van der Waals surface area contributed by atoms with Crippen LogP contribution in [0.5, 0.6) is 5.75 Å². The van der Waals surface area contributed by atoms with Gasteiger partial charge in [-0.2, -0.15) is 0 Å². The van der Waals surface area contributed by atoms with E-state index in [1.165, 1.54) is 12.1 Å². The molecule has 1 aromatic rings. The number of carbonyl (C=O) groups is 1. The smallest absolute Gasteiger partial charge is 0.257 e. The van der Waals surface area contributed by atoms with Crippen molar-refractivity contribution in [3.05, 3.63) is 28.8 Å². The maximum Gasteiger partial charge on any atom is 0.257 e. The van der Waals surface area contributed by atoms with E-state index < -0.39 is 0 Å². The highest BCUT2D eigenvalue weighted by molar-refractivity contribution is 6.31. The Hall–Kier alpha value is -1.26. The Balaban J connectivity index is 2.21. The van der Waals surface area contributed by atoms with Crippen molar-refractivity contribution in [2.24, 2.45) is 5.73 Å². The third-order valence-electron chi connectivity index (χ3n) is 2.93. The molecule has 0 radical (unpaired) electrons. The van der Waals surface area contributed by atoms with Gasteiger partial charge in [0.05, 0.1) is 5.56 Å². The molecule has 17 heavy (non-hydrogen) atoms. The summed E-state index contributed by atoms with van der Waals surface area (Å²) >= 11 is 5.82. The topological polar surface area (TPSA) is 66.6 Å². The fraction of sp³-hybridized carbons (Fsp3) is 0.417. The molecule has 3 N–H and O–H groups in total. The SMILES string of the molecule is N[C@@H]1CCCN(C(=O)c2cc(Cl)ccc2O)C1. The van der Waals surface area contributed by atoms with Gasteiger partial charge in [-0.15, -0.1) is 0 Å². The zero-order valence-electron chi connectivity index (χ0n) is 9.40. The van der Waals surface area contributed by atoms with Gasteiger partial charge in [0.1, 0.15) is 5.75 Å². The van der Waals surface area contributed by atoms with Crippen LogP contribution in [0.3, 0.4) is 0 Å². The summed E-state index contributed by atoms with van der Waals surface area (Å²) in [6.07, 6.45) is 1.83. The number of nitrogens with two attached hydrogens (primary N) is 1. The van der Waals surface area contributed by atoms with Crippen molar-refractivity contribution in [2.45, 2.75) is 18.9 Å². The van der Waals surface area contributed by atoms with Gasteiger partial charge in [-0.05, 0) is 31.0 Å².